The van der Waals surface area contributed by atoms with Gasteiger partial charge in [0.1, 0.15) is 6.54 Å². The number of likely N-dealkylation sites (N-methyl/N-ethyl adjacent to an activating group) is 1. The average Bonchev–Trinajstić information content (AvgIpc) is 2.51. The molecule has 0 saturated heterocycles. The Balaban J connectivity index is 3.05. The number of sulfonamides is 1. The Hall–Kier alpha value is -1.93. The van der Waals surface area contributed by atoms with E-state index in [-0.39, 0.29) is 23.5 Å². The highest BCUT2D eigenvalue weighted by atomic mass is 32.2. The van der Waals surface area contributed by atoms with Gasteiger partial charge in [0.15, 0.2) is 0 Å². The summed E-state index contributed by atoms with van der Waals surface area (Å²) in [6.45, 7) is 1.37. The van der Waals surface area contributed by atoms with E-state index in [9.17, 15) is 18.0 Å². The number of carbonyl (C=O) groups is 2. The van der Waals surface area contributed by atoms with Crippen molar-refractivity contribution in [2.45, 2.75) is 11.8 Å². The largest absolute Gasteiger partial charge is 0.468 e. The number of rotatable bonds is 6. The Morgan fingerprint density at radius 1 is 1.10 bits per heavy atom. The van der Waals surface area contributed by atoms with E-state index in [2.05, 4.69) is 9.47 Å². The van der Waals surface area contributed by atoms with E-state index in [1.165, 1.54) is 38.5 Å². The highest BCUT2D eigenvalue weighted by Gasteiger charge is 2.25. The first-order chi connectivity index (χ1) is 9.86. The van der Waals surface area contributed by atoms with Gasteiger partial charge in [-0.2, -0.15) is 4.31 Å². The molecule has 0 saturated carbocycles. The SMILES string of the molecule is CCN(CC(=O)OC)S(=O)(=O)c1ccc(C(=O)OC)cc1. The number of carbonyl (C=O) groups excluding carboxylic acids is 2. The summed E-state index contributed by atoms with van der Waals surface area (Å²) in [6, 6.07) is 5.29. The molecule has 116 valence electrons. The fourth-order valence-electron chi connectivity index (χ4n) is 1.61. The summed E-state index contributed by atoms with van der Waals surface area (Å²) in [5, 5.41) is 0. The summed E-state index contributed by atoms with van der Waals surface area (Å²) < 4.78 is 34.7. The van der Waals surface area contributed by atoms with Gasteiger partial charge in [-0.3, -0.25) is 4.79 Å². The summed E-state index contributed by atoms with van der Waals surface area (Å²) >= 11 is 0. The smallest absolute Gasteiger partial charge is 0.337 e. The van der Waals surface area contributed by atoms with Gasteiger partial charge in [0.05, 0.1) is 24.7 Å². The first-order valence-corrected chi connectivity index (χ1v) is 7.56. The van der Waals surface area contributed by atoms with E-state index in [1.807, 2.05) is 0 Å². The molecular formula is C13H17NO6S. The fraction of sp³-hybridized carbons (Fsp3) is 0.385. The molecule has 0 aliphatic rings. The second kappa shape index (κ2) is 7.19. The minimum Gasteiger partial charge on any atom is -0.468 e. The van der Waals surface area contributed by atoms with E-state index in [0.717, 1.165) is 4.31 Å². The summed E-state index contributed by atoms with van der Waals surface area (Å²) in [5.41, 5.74) is 0.243. The molecule has 1 rings (SSSR count). The van der Waals surface area contributed by atoms with E-state index < -0.39 is 22.0 Å². The van der Waals surface area contributed by atoms with Crippen LogP contribution in [0.25, 0.3) is 0 Å². The van der Waals surface area contributed by atoms with E-state index in [0.29, 0.717) is 0 Å². The van der Waals surface area contributed by atoms with Crippen molar-refractivity contribution >= 4 is 22.0 Å². The van der Waals surface area contributed by atoms with Gasteiger partial charge in [-0.05, 0) is 24.3 Å². The predicted molar refractivity (Wildman–Crippen MR) is 74.2 cm³/mol. The van der Waals surface area contributed by atoms with Gasteiger partial charge in [-0.15, -0.1) is 0 Å². The van der Waals surface area contributed by atoms with Gasteiger partial charge in [-0.25, -0.2) is 13.2 Å². The van der Waals surface area contributed by atoms with E-state index in [4.69, 9.17) is 0 Å². The normalized spacial score (nSPS) is 11.2. The molecular weight excluding hydrogens is 298 g/mol. The van der Waals surface area contributed by atoms with Crippen LogP contribution in [0.15, 0.2) is 29.2 Å². The van der Waals surface area contributed by atoms with Gasteiger partial charge in [0, 0.05) is 6.54 Å². The molecule has 8 heteroatoms. The van der Waals surface area contributed by atoms with Gasteiger partial charge in [0.2, 0.25) is 10.0 Å². The molecule has 0 atom stereocenters. The number of ether oxygens (including phenoxy) is 2. The quantitative estimate of drug-likeness (QED) is 0.716. The van der Waals surface area contributed by atoms with Crippen LogP contribution >= 0.6 is 0 Å². The minimum absolute atomic E-state index is 0.0130. The van der Waals surface area contributed by atoms with Crippen molar-refractivity contribution in [3.8, 4) is 0 Å². The molecule has 0 aromatic heterocycles. The Kier molecular flexibility index (Phi) is 5.86. The van der Waals surface area contributed by atoms with Crippen LogP contribution in [0, 0.1) is 0 Å². The van der Waals surface area contributed by atoms with Crippen molar-refractivity contribution < 1.29 is 27.5 Å². The molecule has 0 fully saturated rings. The zero-order chi connectivity index (χ0) is 16.0. The summed E-state index contributed by atoms with van der Waals surface area (Å²) in [7, 11) is -1.40. The van der Waals surface area contributed by atoms with E-state index in [1.54, 1.807) is 6.92 Å². The molecule has 0 N–H and O–H groups in total. The summed E-state index contributed by atoms with van der Waals surface area (Å²) in [6.07, 6.45) is 0. The molecule has 0 unspecified atom stereocenters. The number of methoxy groups -OCH3 is 2. The maximum absolute atomic E-state index is 12.4. The molecule has 0 heterocycles. The van der Waals surface area contributed by atoms with Crippen LogP contribution in [-0.4, -0.2) is 52.0 Å². The lowest BCUT2D eigenvalue weighted by Gasteiger charge is -2.19. The molecule has 1 aromatic carbocycles. The Morgan fingerprint density at radius 3 is 2.10 bits per heavy atom. The van der Waals surface area contributed by atoms with Crippen molar-refractivity contribution in [1.29, 1.82) is 0 Å². The van der Waals surface area contributed by atoms with Crippen LogP contribution in [-0.2, 0) is 24.3 Å². The maximum atomic E-state index is 12.4. The predicted octanol–water partition coefficient (Wildman–Crippen LogP) is 0.657. The molecule has 0 spiro atoms. The fourth-order valence-corrected chi connectivity index (χ4v) is 3.00. The lowest BCUT2D eigenvalue weighted by molar-refractivity contribution is -0.140. The Bertz CT molecular complexity index is 608. The van der Waals surface area contributed by atoms with Gasteiger partial charge in [0.25, 0.3) is 0 Å². The summed E-state index contributed by atoms with van der Waals surface area (Å²) in [5.74, 6) is -1.20. The number of hydrogen-bond donors (Lipinski definition) is 0. The first-order valence-electron chi connectivity index (χ1n) is 6.12. The number of nitrogens with zero attached hydrogens (tertiary/aromatic N) is 1. The molecule has 0 aliphatic heterocycles. The van der Waals surface area contributed by atoms with Crippen molar-refractivity contribution in [2.75, 3.05) is 27.3 Å². The number of hydrogen-bond acceptors (Lipinski definition) is 6. The van der Waals surface area contributed by atoms with Gasteiger partial charge in [-0.1, -0.05) is 6.92 Å². The molecule has 0 bridgehead atoms. The molecule has 0 radical (unpaired) electrons. The number of esters is 2. The van der Waals surface area contributed by atoms with Crippen LogP contribution in [0.5, 0.6) is 0 Å². The van der Waals surface area contributed by atoms with Crippen molar-refractivity contribution in [3.05, 3.63) is 29.8 Å². The van der Waals surface area contributed by atoms with Crippen LogP contribution in [0.4, 0.5) is 0 Å². The molecule has 21 heavy (non-hydrogen) atoms. The number of benzene rings is 1. The van der Waals surface area contributed by atoms with Gasteiger partial charge >= 0.3 is 11.9 Å². The van der Waals surface area contributed by atoms with Crippen molar-refractivity contribution in [2.24, 2.45) is 0 Å². The molecule has 0 aliphatic carbocycles. The Morgan fingerprint density at radius 2 is 1.67 bits per heavy atom. The zero-order valence-corrected chi connectivity index (χ0v) is 12.8. The minimum atomic E-state index is -3.83. The third kappa shape index (κ3) is 4.02. The maximum Gasteiger partial charge on any atom is 0.337 e. The van der Waals surface area contributed by atoms with Crippen molar-refractivity contribution in [3.63, 3.8) is 0 Å². The lowest BCUT2D eigenvalue weighted by Crippen LogP contribution is -2.36. The monoisotopic (exact) mass is 315 g/mol. The van der Waals surface area contributed by atoms with Gasteiger partial charge < -0.3 is 9.47 Å². The second-order valence-corrected chi connectivity index (χ2v) is 5.96. The van der Waals surface area contributed by atoms with Crippen LogP contribution in [0.1, 0.15) is 17.3 Å². The topological polar surface area (TPSA) is 90.0 Å². The van der Waals surface area contributed by atoms with Crippen LogP contribution in [0.2, 0.25) is 0 Å². The van der Waals surface area contributed by atoms with Crippen LogP contribution < -0.4 is 0 Å². The zero-order valence-electron chi connectivity index (χ0n) is 12.0. The third-order valence-electron chi connectivity index (χ3n) is 2.80. The summed E-state index contributed by atoms with van der Waals surface area (Å²) in [4.78, 5) is 22.5. The molecule has 1 aromatic rings. The third-order valence-corrected chi connectivity index (χ3v) is 4.73. The molecule has 7 nitrogen and oxygen atoms in total. The highest BCUT2D eigenvalue weighted by Crippen LogP contribution is 2.16. The van der Waals surface area contributed by atoms with Crippen molar-refractivity contribution in [1.82, 2.24) is 4.31 Å². The van der Waals surface area contributed by atoms with Crippen LogP contribution in [0.3, 0.4) is 0 Å². The highest BCUT2D eigenvalue weighted by molar-refractivity contribution is 7.89. The van der Waals surface area contributed by atoms with E-state index >= 15 is 0 Å². The second-order valence-electron chi connectivity index (χ2n) is 4.02. The lowest BCUT2D eigenvalue weighted by atomic mass is 10.2. The molecule has 0 amide bonds. The standard InChI is InChI=1S/C13H17NO6S/c1-4-14(9-12(15)19-2)21(17,18)11-7-5-10(6-8-11)13(16)20-3/h5-8H,4,9H2,1-3H3. The Labute approximate surface area is 123 Å². The first kappa shape index (κ1) is 17.1. The average molecular weight is 315 g/mol.